The summed E-state index contributed by atoms with van der Waals surface area (Å²) in [7, 11) is -3.38. The summed E-state index contributed by atoms with van der Waals surface area (Å²) in [5.74, 6) is 0.532. The van der Waals surface area contributed by atoms with E-state index in [-0.39, 0.29) is 17.7 Å². The van der Waals surface area contributed by atoms with E-state index in [1.54, 1.807) is 23.3 Å². The Kier molecular flexibility index (Phi) is 5.02. The van der Waals surface area contributed by atoms with Crippen LogP contribution in [-0.2, 0) is 14.8 Å². The first kappa shape index (κ1) is 16.7. The lowest BCUT2D eigenvalue weighted by molar-refractivity contribution is -0.118. The molecule has 0 saturated carbocycles. The molecule has 0 aromatic carbocycles. The van der Waals surface area contributed by atoms with Gasteiger partial charge in [-0.15, -0.1) is 4.40 Å². The molecule has 0 aromatic rings. The van der Waals surface area contributed by atoms with Crippen LogP contribution in [0.3, 0.4) is 0 Å². The second kappa shape index (κ2) is 6.62. The van der Waals surface area contributed by atoms with E-state index in [1.807, 2.05) is 0 Å². The zero-order valence-electron chi connectivity index (χ0n) is 12.8. The Balaban J connectivity index is 2.07. The molecule has 0 saturated heterocycles. The second-order valence-electron chi connectivity index (χ2n) is 5.88. The van der Waals surface area contributed by atoms with Gasteiger partial charge in [-0.2, -0.15) is 0 Å². The van der Waals surface area contributed by atoms with Crippen molar-refractivity contribution >= 4 is 21.8 Å². The standard InChI is InChI=1S/C14H22N4O3S/c1-10(2)7-12(8-15)16-14(19)11-3-4-13-17-22(20,21)6-5-18(13)9-11/h3-4,9-10,12H,5-8,15H2,1-2H3,(H,16,19). The highest BCUT2D eigenvalue weighted by molar-refractivity contribution is 7.90. The SMILES string of the molecule is CC(C)CC(CN)NC(=O)C1=CN2CCS(=O)(=O)N=C2C=C1. The van der Waals surface area contributed by atoms with E-state index in [1.165, 1.54) is 0 Å². The van der Waals surface area contributed by atoms with Crippen LogP contribution in [0.5, 0.6) is 0 Å². The molecule has 0 radical (unpaired) electrons. The summed E-state index contributed by atoms with van der Waals surface area (Å²) in [6.45, 7) is 4.83. The van der Waals surface area contributed by atoms with Crippen LogP contribution in [0.4, 0.5) is 0 Å². The van der Waals surface area contributed by atoms with Crippen molar-refractivity contribution in [1.29, 1.82) is 0 Å². The summed E-state index contributed by atoms with van der Waals surface area (Å²) < 4.78 is 26.6. The summed E-state index contributed by atoms with van der Waals surface area (Å²) in [4.78, 5) is 14.0. The van der Waals surface area contributed by atoms with Crippen molar-refractivity contribution in [1.82, 2.24) is 10.2 Å². The molecule has 2 heterocycles. The van der Waals surface area contributed by atoms with Gasteiger partial charge in [-0.3, -0.25) is 4.79 Å². The lowest BCUT2D eigenvalue weighted by atomic mass is 10.0. The van der Waals surface area contributed by atoms with Crippen LogP contribution in [0.2, 0.25) is 0 Å². The Bertz CT molecular complexity index is 634. The van der Waals surface area contributed by atoms with Gasteiger partial charge in [0.25, 0.3) is 15.9 Å². The number of sulfonamides is 1. The van der Waals surface area contributed by atoms with Crippen LogP contribution in [-0.4, -0.2) is 49.9 Å². The number of amides is 1. The van der Waals surface area contributed by atoms with Crippen molar-refractivity contribution in [2.45, 2.75) is 26.3 Å². The summed E-state index contributed by atoms with van der Waals surface area (Å²) >= 11 is 0. The van der Waals surface area contributed by atoms with Gasteiger partial charge in [-0.1, -0.05) is 13.8 Å². The molecule has 0 aromatic heterocycles. The van der Waals surface area contributed by atoms with Gasteiger partial charge in [0.1, 0.15) is 5.84 Å². The van der Waals surface area contributed by atoms with Crippen molar-refractivity contribution in [3.63, 3.8) is 0 Å². The average Bonchev–Trinajstić information content (AvgIpc) is 2.44. The van der Waals surface area contributed by atoms with Crippen molar-refractivity contribution in [3.8, 4) is 0 Å². The molecule has 122 valence electrons. The van der Waals surface area contributed by atoms with Crippen molar-refractivity contribution in [3.05, 3.63) is 23.9 Å². The van der Waals surface area contributed by atoms with Gasteiger partial charge in [-0.05, 0) is 24.5 Å². The molecule has 8 heteroatoms. The lowest BCUT2D eigenvalue weighted by Crippen LogP contribution is -2.43. The quantitative estimate of drug-likeness (QED) is 0.738. The van der Waals surface area contributed by atoms with Crippen molar-refractivity contribution < 1.29 is 13.2 Å². The largest absolute Gasteiger partial charge is 0.348 e. The first-order chi connectivity index (χ1) is 10.3. The smallest absolute Gasteiger partial charge is 0.256 e. The van der Waals surface area contributed by atoms with E-state index in [9.17, 15) is 13.2 Å². The molecule has 1 unspecified atom stereocenters. The van der Waals surface area contributed by atoms with E-state index in [0.717, 1.165) is 6.42 Å². The maximum Gasteiger partial charge on any atom is 0.256 e. The number of rotatable bonds is 5. The number of hydrogen-bond donors (Lipinski definition) is 2. The second-order valence-corrected chi connectivity index (χ2v) is 7.64. The monoisotopic (exact) mass is 326 g/mol. The number of nitrogens with one attached hydrogen (secondary N) is 1. The first-order valence-corrected chi connectivity index (χ1v) is 8.92. The third-order valence-corrected chi connectivity index (χ3v) is 4.63. The number of nitrogens with zero attached hydrogens (tertiary/aromatic N) is 2. The Morgan fingerprint density at radius 3 is 2.82 bits per heavy atom. The highest BCUT2D eigenvalue weighted by atomic mass is 32.2. The summed E-state index contributed by atoms with van der Waals surface area (Å²) in [5, 5.41) is 2.91. The van der Waals surface area contributed by atoms with E-state index in [2.05, 4.69) is 23.6 Å². The number of fused-ring (bicyclic) bond motifs is 1. The predicted molar refractivity (Wildman–Crippen MR) is 85.6 cm³/mol. The highest BCUT2D eigenvalue weighted by Crippen LogP contribution is 2.16. The maximum absolute atomic E-state index is 12.3. The Morgan fingerprint density at radius 1 is 1.45 bits per heavy atom. The molecule has 1 atom stereocenters. The zero-order valence-corrected chi connectivity index (χ0v) is 13.6. The van der Waals surface area contributed by atoms with Gasteiger partial charge >= 0.3 is 0 Å². The van der Waals surface area contributed by atoms with E-state index >= 15 is 0 Å². The van der Waals surface area contributed by atoms with Crippen LogP contribution in [0.1, 0.15) is 20.3 Å². The molecule has 22 heavy (non-hydrogen) atoms. The highest BCUT2D eigenvalue weighted by Gasteiger charge is 2.25. The molecule has 0 bridgehead atoms. The van der Waals surface area contributed by atoms with Crippen LogP contribution in [0.25, 0.3) is 0 Å². The molecule has 0 fully saturated rings. The fourth-order valence-electron chi connectivity index (χ4n) is 2.39. The van der Waals surface area contributed by atoms with Crippen LogP contribution in [0.15, 0.2) is 28.3 Å². The summed E-state index contributed by atoms with van der Waals surface area (Å²) in [6, 6.07) is -0.0707. The summed E-state index contributed by atoms with van der Waals surface area (Å²) in [6.07, 6.45) is 5.57. The first-order valence-electron chi connectivity index (χ1n) is 7.31. The zero-order chi connectivity index (χ0) is 16.3. The molecule has 1 amide bonds. The number of nitrogens with two attached hydrogens (primary N) is 1. The normalized spacial score (nSPS) is 21.0. The number of hydrogen-bond acceptors (Lipinski definition) is 5. The van der Waals surface area contributed by atoms with Crippen LogP contribution < -0.4 is 11.1 Å². The van der Waals surface area contributed by atoms with Gasteiger partial charge < -0.3 is 16.0 Å². The minimum Gasteiger partial charge on any atom is -0.348 e. The molecule has 3 N–H and O–H groups in total. The molecule has 0 spiro atoms. The number of carbonyl (C=O) groups is 1. The third-order valence-electron chi connectivity index (χ3n) is 3.46. The van der Waals surface area contributed by atoms with Crippen molar-refractivity contribution in [2.24, 2.45) is 16.0 Å². The predicted octanol–water partition coefficient (Wildman–Crippen LogP) is -0.0264. The van der Waals surface area contributed by atoms with Gasteiger partial charge in [0, 0.05) is 25.3 Å². The minimum atomic E-state index is -3.38. The molecule has 0 aliphatic carbocycles. The molecular weight excluding hydrogens is 304 g/mol. The molecule has 2 aliphatic heterocycles. The molecule has 2 aliphatic rings. The average molecular weight is 326 g/mol. The molecule has 7 nitrogen and oxygen atoms in total. The van der Waals surface area contributed by atoms with Gasteiger partial charge in [-0.25, -0.2) is 8.42 Å². The van der Waals surface area contributed by atoms with Gasteiger partial charge in [0.2, 0.25) is 0 Å². The minimum absolute atomic E-state index is 0.0471. The Hall–Kier alpha value is -1.67. The maximum atomic E-state index is 12.3. The van der Waals surface area contributed by atoms with E-state index in [0.29, 0.717) is 30.4 Å². The molecular formula is C14H22N4O3S. The van der Waals surface area contributed by atoms with E-state index in [4.69, 9.17) is 5.73 Å². The molecule has 2 rings (SSSR count). The lowest BCUT2D eigenvalue weighted by Gasteiger charge is -2.27. The van der Waals surface area contributed by atoms with Crippen LogP contribution >= 0.6 is 0 Å². The Morgan fingerprint density at radius 2 is 2.18 bits per heavy atom. The van der Waals surface area contributed by atoms with Gasteiger partial charge in [0.05, 0.1) is 11.3 Å². The van der Waals surface area contributed by atoms with E-state index < -0.39 is 10.0 Å². The number of amidine groups is 1. The summed E-state index contributed by atoms with van der Waals surface area (Å²) in [5.41, 5.74) is 6.16. The number of carbonyl (C=O) groups excluding carboxylic acids is 1. The van der Waals surface area contributed by atoms with Crippen molar-refractivity contribution in [2.75, 3.05) is 18.8 Å². The van der Waals surface area contributed by atoms with Crippen LogP contribution in [0, 0.1) is 5.92 Å². The fraction of sp³-hybridized carbons (Fsp3) is 0.571. The fourth-order valence-corrected chi connectivity index (χ4v) is 3.36. The van der Waals surface area contributed by atoms with Gasteiger partial charge in [0.15, 0.2) is 0 Å². The third kappa shape index (κ3) is 4.17. The topological polar surface area (TPSA) is 105 Å². The Labute approximate surface area is 131 Å².